The fourth-order valence-corrected chi connectivity index (χ4v) is 12.8. The number of esters is 1. The van der Waals surface area contributed by atoms with Crippen LogP contribution in [0.1, 0.15) is 139 Å². The first-order chi connectivity index (χ1) is 36.2. The van der Waals surface area contributed by atoms with Crippen LogP contribution >= 0.6 is 11.3 Å². The van der Waals surface area contributed by atoms with E-state index in [1.165, 1.54) is 29.7 Å². The van der Waals surface area contributed by atoms with E-state index in [-0.39, 0.29) is 29.5 Å². The first-order valence-corrected chi connectivity index (χ1v) is 27.6. The Bertz CT molecular complexity index is 3300. The Labute approximate surface area is 442 Å². The number of benzene rings is 4. The number of rotatable bonds is 13. The molecule has 1 saturated carbocycles. The number of para-hydroxylation sites is 2. The Balaban J connectivity index is 0.715. The molecule has 3 amide bonds. The van der Waals surface area contributed by atoms with Gasteiger partial charge in [0.15, 0.2) is 10.8 Å². The van der Waals surface area contributed by atoms with Crippen molar-refractivity contribution >= 4 is 67.1 Å². The van der Waals surface area contributed by atoms with Gasteiger partial charge in [-0.2, -0.15) is 5.10 Å². The van der Waals surface area contributed by atoms with E-state index in [0.717, 1.165) is 107 Å². The molecule has 7 aromatic rings. The number of anilines is 2. The summed E-state index contributed by atoms with van der Waals surface area (Å²) >= 11 is 1.45. The molecule has 3 aromatic heterocycles. The Morgan fingerprint density at radius 3 is 2.48 bits per heavy atom. The number of imide groups is 1. The Hall–Kier alpha value is -6.97. The number of ether oxygens (including phenoxy) is 2. The number of thiazole rings is 1. The Kier molecular flexibility index (Phi) is 14.0. The lowest BCUT2D eigenvalue weighted by Gasteiger charge is -2.31. The van der Waals surface area contributed by atoms with Gasteiger partial charge in [0.1, 0.15) is 17.2 Å². The summed E-state index contributed by atoms with van der Waals surface area (Å²) in [7, 11) is 1.97. The highest BCUT2D eigenvalue weighted by molar-refractivity contribution is 7.22. The summed E-state index contributed by atoms with van der Waals surface area (Å²) in [5.74, 6) is 0.966. The van der Waals surface area contributed by atoms with E-state index in [9.17, 15) is 19.2 Å². The molecule has 4 aliphatic rings. The minimum absolute atomic E-state index is 0.112. The largest absolute Gasteiger partial charge is 0.490 e. The number of amides is 3. The number of fused-ring (bicyclic) bond motifs is 3. The summed E-state index contributed by atoms with van der Waals surface area (Å²) in [5.41, 5.74) is 8.67. The van der Waals surface area contributed by atoms with Gasteiger partial charge in [0.2, 0.25) is 11.8 Å². The van der Waals surface area contributed by atoms with Crippen LogP contribution in [0.5, 0.6) is 5.75 Å². The van der Waals surface area contributed by atoms with E-state index in [4.69, 9.17) is 19.6 Å². The molecule has 0 radical (unpaired) electrons. The second kappa shape index (κ2) is 21.0. The predicted octanol–water partition coefficient (Wildman–Crippen LogP) is 11.1. The lowest BCUT2D eigenvalue weighted by atomic mass is 9.84. The molecule has 1 unspecified atom stereocenters. The number of hydrogen-bond donors (Lipinski definition) is 2. The summed E-state index contributed by atoms with van der Waals surface area (Å²) < 4.78 is 15.8. The summed E-state index contributed by atoms with van der Waals surface area (Å²) in [5, 5.41) is 12.0. The van der Waals surface area contributed by atoms with Crippen LogP contribution in [-0.2, 0) is 34.3 Å². The van der Waals surface area contributed by atoms with Crippen molar-refractivity contribution in [1.82, 2.24) is 30.0 Å². The second-order valence-electron chi connectivity index (χ2n) is 22.0. The first-order valence-electron chi connectivity index (χ1n) is 26.8. The lowest BCUT2D eigenvalue weighted by Crippen LogP contribution is -2.39. The number of aromatic nitrogens is 4. The molecule has 2 saturated heterocycles. The molecule has 1 aliphatic carbocycles. The van der Waals surface area contributed by atoms with Crippen molar-refractivity contribution in [2.75, 3.05) is 36.4 Å². The van der Waals surface area contributed by atoms with Crippen LogP contribution in [0.4, 0.5) is 10.9 Å². The highest BCUT2D eigenvalue weighted by atomic mass is 32.1. The molecule has 0 bridgehead atoms. The Morgan fingerprint density at radius 1 is 0.853 bits per heavy atom. The number of aryl methyl sites for hydroxylation is 1. The van der Waals surface area contributed by atoms with Crippen molar-refractivity contribution in [3.05, 3.63) is 130 Å². The number of carbonyl (C=O) groups is 4. The van der Waals surface area contributed by atoms with Crippen molar-refractivity contribution in [3.63, 3.8) is 0 Å². The number of pyridine rings is 1. The van der Waals surface area contributed by atoms with Crippen LogP contribution in [0.3, 0.4) is 0 Å². The molecule has 2 atom stereocenters. The van der Waals surface area contributed by atoms with Crippen molar-refractivity contribution in [1.29, 1.82) is 0 Å². The van der Waals surface area contributed by atoms with Gasteiger partial charge in [-0.3, -0.25) is 29.7 Å². The van der Waals surface area contributed by atoms with E-state index < -0.39 is 17.5 Å². The number of likely N-dealkylation sites (tertiary alicyclic amines) is 1. The normalized spacial score (nSPS) is 20.3. The third-order valence-corrected chi connectivity index (χ3v) is 16.7. The Morgan fingerprint density at radius 2 is 1.67 bits per heavy atom. The molecule has 75 heavy (non-hydrogen) atoms. The fraction of sp³-hybridized carbons (Fsp3) is 0.417. The highest BCUT2D eigenvalue weighted by Crippen LogP contribution is 2.40. The van der Waals surface area contributed by atoms with Crippen LogP contribution in [0, 0.1) is 12.8 Å². The molecule has 11 rings (SSSR count). The van der Waals surface area contributed by atoms with E-state index >= 15 is 0 Å². The third-order valence-electron chi connectivity index (χ3n) is 15.8. The molecule has 15 heteroatoms. The molecule has 3 aliphatic heterocycles. The van der Waals surface area contributed by atoms with Crippen molar-refractivity contribution in [2.45, 2.75) is 122 Å². The topological polar surface area (TPSA) is 161 Å². The van der Waals surface area contributed by atoms with Crippen LogP contribution in [0.2, 0.25) is 0 Å². The number of piperidine rings is 1. The lowest BCUT2D eigenvalue weighted by molar-refractivity contribution is -0.134. The zero-order valence-corrected chi connectivity index (χ0v) is 44.4. The van der Waals surface area contributed by atoms with Gasteiger partial charge in [-0.05, 0) is 175 Å². The molecule has 3 fully saturated rings. The SMILES string of the molecule is Cc1c(OC2CCC(CCCN3CC[C@@H](c4cccc5c(C6CCC(=O)NC6=O)nn(C)c45)C3)CC2)cccc1-c1ccc(N2CCc3cccc(C(=O)Nc4nc5ccccc5s4)c3C2)nc1C(=O)OC(C)(C)C. The molecule has 2 N–H and O–H groups in total. The zero-order valence-electron chi connectivity index (χ0n) is 43.6. The van der Waals surface area contributed by atoms with Crippen molar-refractivity contribution in [2.24, 2.45) is 13.0 Å². The van der Waals surface area contributed by atoms with Crippen LogP contribution in [0.15, 0.2) is 91.0 Å². The van der Waals surface area contributed by atoms with Crippen molar-refractivity contribution in [3.8, 4) is 16.9 Å². The van der Waals surface area contributed by atoms with Gasteiger partial charge in [0.25, 0.3) is 5.91 Å². The molecule has 6 heterocycles. The fourth-order valence-electron chi connectivity index (χ4n) is 12.0. The molecule has 0 spiro atoms. The maximum absolute atomic E-state index is 14.1. The first kappa shape index (κ1) is 50.2. The van der Waals surface area contributed by atoms with E-state index in [1.54, 1.807) is 0 Å². The summed E-state index contributed by atoms with van der Waals surface area (Å²) in [6, 6.07) is 30.1. The van der Waals surface area contributed by atoms with Crippen LogP contribution in [-0.4, -0.2) is 86.2 Å². The molecule has 4 aromatic carbocycles. The monoisotopic (exact) mass is 1030 g/mol. The summed E-state index contributed by atoms with van der Waals surface area (Å²) in [4.78, 5) is 67.0. The van der Waals surface area contributed by atoms with Gasteiger partial charge in [0.05, 0.1) is 33.4 Å². The zero-order chi connectivity index (χ0) is 52.0. The van der Waals surface area contributed by atoms with Gasteiger partial charge < -0.3 is 19.3 Å². The quantitative estimate of drug-likeness (QED) is 0.0835. The molecule has 388 valence electrons. The van der Waals surface area contributed by atoms with Gasteiger partial charge in [0, 0.05) is 49.6 Å². The average Bonchev–Trinajstić information content (AvgIpc) is 4.14. The molecular weight excluding hydrogens is 961 g/mol. The van der Waals surface area contributed by atoms with Crippen LogP contribution < -0.4 is 20.3 Å². The predicted molar refractivity (Wildman–Crippen MR) is 294 cm³/mol. The van der Waals surface area contributed by atoms with Crippen molar-refractivity contribution < 1.29 is 28.7 Å². The highest BCUT2D eigenvalue weighted by Gasteiger charge is 2.34. The van der Waals surface area contributed by atoms with E-state index in [0.29, 0.717) is 66.3 Å². The molecular formula is C60H66N8O6S. The number of nitrogens with zero attached hydrogens (tertiary/aromatic N) is 6. The smallest absolute Gasteiger partial charge is 0.358 e. The summed E-state index contributed by atoms with van der Waals surface area (Å²) in [6.45, 7) is 11.9. The summed E-state index contributed by atoms with van der Waals surface area (Å²) in [6.07, 6.45) is 9.39. The maximum atomic E-state index is 14.1. The third kappa shape index (κ3) is 10.7. The van der Waals surface area contributed by atoms with Gasteiger partial charge in [-0.15, -0.1) is 0 Å². The van der Waals surface area contributed by atoms with Gasteiger partial charge in [-0.25, -0.2) is 14.8 Å². The number of hydrogen-bond acceptors (Lipinski definition) is 12. The number of nitrogens with one attached hydrogen (secondary N) is 2. The molecule has 14 nitrogen and oxygen atoms in total. The maximum Gasteiger partial charge on any atom is 0.358 e. The minimum atomic E-state index is -0.734. The average molecular weight is 1030 g/mol. The van der Waals surface area contributed by atoms with E-state index in [1.807, 2.05) is 99.2 Å². The standard InChI is InChI=1S/C60H66N8O6S/c1-36-41(43-25-27-51(62-54(43)58(72)74-60(2,3)4)68-33-30-38-13-8-16-44(47(38)35-68)56(70)64-59-61-48-18-6-7-20-50(48)75-59)14-10-19-49(36)73-40-23-21-37(22-24-40)12-11-31-67-32-29-39(34-67)42-15-9-17-45-53(65-66(5)55(42)45)46-26-28-52(69)63-57(46)71/h6-10,13-20,25,27,37,39-40,46H,11-12,21-24,26,28-35H2,1-5H3,(H,61,64,70)(H,63,69,71)/t37?,39-,40?,46?/m1/s1. The number of carbonyl (C=O) groups excluding carboxylic acids is 4. The minimum Gasteiger partial charge on any atom is -0.490 e. The second-order valence-corrected chi connectivity index (χ2v) is 23.0. The van der Waals surface area contributed by atoms with Crippen LogP contribution in [0.25, 0.3) is 32.2 Å². The van der Waals surface area contributed by atoms with E-state index in [2.05, 4.69) is 56.6 Å². The van der Waals surface area contributed by atoms with Gasteiger partial charge in [-0.1, -0.05) is 65.9 Å². The van der Waals surface area contributed by atoms with Gasteiger partial charge >= 0.3 is 5.97 Å².